The second kappa shape index (κ2) is 5.71. The van der Waals surface area contributed by atoms with Crippen LogP contribution in [0.15, 0.2) is 12.1 Å². The van der Waals surface area contributed by atoms with Crippen molar-refractivity contribution in [2.45, 2.75) is 31.6 Å². The minimum Gasteiger partial charge on any atom is -0.491 e. The van der Waals surface area contributed by atoms with Crippen molar-refractivity contribution in [2.75, 3.05) is 6.61 Å². The molecule has 1 nitrogen and oxygen atoms in total. The lowest BCUT2D eigenvalue weighted by molar-refractivity contribution is 0.194. The van der Waals surface area contributed by atoms with Gasteiger partial charge >= 0.3 is 0 Å². The highest BCUT2D eigenvalue weighted by molar-refractivity contribution is 6.36. The Hall–Kier alpha value is -0.110. The lowest BCUT2D eigenvalue weighted by atomic mass is 9.89. The molecule has 2 saturated carbocycles. The van der Waals surface area contributed by atoms with Gasteiger partial charge in [0.25, 0.3) is 0 Å². The molecule has 0 heterocycles. The lowest BCUT2D eigenvalue weighted by Crippen LogP contribution is -2.19. The van der Waals surface area contributed by atoms with E-state index in [0.717, 1.165) is 24.0 Å². The molecule has 2 fully saturated rings. The predicted octanol–water partition coefficient (Wildman–Crippen LogP) is 5.55. The zero-order valence-electron chi connectivity index (χ0n) is 10.7. The second-order valence-corrected chi connectivity index (χ2v) is 6.87. The van der Waals surface area contributed by atoms with Crippen molar-refractivity contribution >= 4 is 34.8 Å². The van der Waals surface area contributed by atoms with E-state index in [0.29, 0.717) is 27.6 Å². The Balaban J connectivity index is 1.69. The summed E-state index contributed by atoms with van der Waals surface area (Å²) < 4.78 is 5.98. The molecule has 0 saturated heterocycles. The summed E-state index contributed by atoms with van der Waals surface area (Å²) in [4.78, 5) is 0. The van der Waals surface area contributed by atoms with Crippen molar-refractivity contribution in [1.82, 2.24) is 0 Å². The van der Waals surface area contributed by atoms with Gasteiger partial charge in [-0.2, -0.15) is 0 Å². The Morgan fingerprint density at radius 3 is 2.63 bits per heavy atom. The highest BCUT2D eigenvalue weighted by Gasteiger charge is 2.39. The number of alkyl halides is 1. The van der Waals surface area contributed by atoms with E-state index in [9.17, 15) is 0 Å². The lowest BCUT2D eigenvalue weighted by Gasteiger charge is -2.23. The molecule has 3 rings (SSSR count). The Morgan fingerprint density at radius 2 is 2.00 bits per heavy atom. The molecule has 19 heavy (non-hydrogen) atoms. The van der Waals surface area contributed by atoms with Crippen molar-refractivity contribution in [1.29, 1.82) is 0 Å². The van der Waals surface area contributed by atoms with Gasteiger partial charge in [-0.05, 0) is 49.1 Å². The first-order valence-electron chi connectivity index (χ1n) is 6.84. The van der Waals surface area contributed by atoms with E-state index in [4.69, 9.17) is 39.5 Å². The topological polar surface area (TPSA) is 9.23 Å². The van der Waals surface area contributed by atoms with Crippen LogP contribution < -0.4 is 4.74 Å². The number of hydrogen-bond acceptors (Lipinski definition) is 1. The molecule has 1 aromatic carbocycles. The Bertz CT molecular complexity index is 475. The number of benzene rings is 1. The van der Waals surface area contributed by atoms with Crippen LogP contribution in [0.5, 0.6) is 5.75 Å². The molecular formula is C15H17Cl3O. The van der Waals surface area contributed by atoms with Gasteiger partial charge in [-0.1, -0.05) is 29.6 Å². The van der Waals surface area contributed by atoms with Crippen LogP contribution in [0.3, 0.4) is 0 Å². The molecule has 0 amide bonds. The smallest absolute Gasteiger partial charge is 0.142 e. The van der Waals surface area contributed by atoms with Crippen molar-refractivity contribution in [3.8, 4) is 5.75 Å². The monoisotopic (exact) mass is 318 g/mol. The van der Waals surface area contributed by atoms with Gasteiger partial charge in [0.05, 0.1) is 17.5 Å². The molecule has 2 aliphatic carbocycles. The molecule has 0 N–H and O–H groups in total. The Kier molecular flexibility index (Phi) is 4.17. The molecule has 3 atom stereocenters. The quantitative estimate of drug-likeness (QED) is 0.661. The van der Waals surface area contributed by atoms with Gasteiger partial charge in [-0.15, -0.1) is 11.6 Å². The van der Waals surface area contributed by atoms with Crippen LogP contribution >= 0.6 is 34.8 Å². The van der Waals surface area contributed by atoms with E-state index in [2.05, 4.69) is 0 Å². The highest BCUT2D eigenvalue weighted by Crippen LogP contribution is 2.48. The molecule has 104 valence electrons. The van der Waals surface area contributed by atoms with Crippen LogP contribution in [-0.4, -0.2) is 6.61 Å². The molecule has 1 aromatic rings. The van der Waals surface area contributed by atoms with Gasteiger partial charge in [0.1, 0.15) is 5.75 Å². The zero-order valence-corrected chi connectivity index (χ0v) is 12.9. The summed E-state index contributed by atoms with van der Waals surface area (Å²) in [5.41, 5.74) is 0.877. The van der Waals surface area contributed by atoms with Crippen molar-refractivity contribution in [3.05, 3.63) is 27.7 Å². The Morgan fingerprint density at radius 1 is 1.16 bits per heavy atom. The van der Waals surface area contributed by atoms with Gasteiger partial charge < -0.3 is 4.74 Å². The van der Waals surface area contributed by atoms with Gasteiger partial charge in [0, 0.05) is 10.6 Å². The van der Waals surface area contributed by atoms with Crippen molar-refractivity contribution < 1.29 is 4.74 Å². The van der Waals surface area contributed by atoms with E-state index in [1.165, 1.54) is 25.7 Å². The fourth-order valence-corrected chi connectivity index (χ4v) is 4.43. The fourth-order valence-electron chi connectivity index (χ4n) is 3.65. The highest BCUT2D eigenvalue weighted by atomic mass is 35.5. The Labute approximate surface area is 129 Å². The standard InChI is InChI=1S/C15H17Cl3O/c16-7-11-5-13(17)6-14(18)15(11)19-8-12-4-9-1-2-10(12)3-9/h5-6,9-10,12H,1-4,7-8H2. The van der Waals surface area contributed by atoms with Crippen LogP contribution in [0.4, 0.5) is 0 Å². The molecule has 3 unspecified atom stereocenters. The predicted molar refractivity (Wildman–Crippen MR) is 80.5 cm³/mol. The third-order valence-corrected chi connectivity index (χ3v) is 5.34. The third-order valence-electron chi connectivity index (χ3n) is 4.56. The molecule has 0 spiro atoms. The first kappa shape index (κ1) is 13.9. The number of rotatable bonds is 4. The normalized spacial score (nSPS) is 28.9. The maximum atomic E-state index is 6.21. The van der Waals surface area contributed by atoms with Crippen LogP contribution in [0.2, 0.25) is 10.0 Å². The van der Waals surface area contributed by atoms with E-state index in [-0.39, 0.29) is 0 Å². The van der Waals surface area contributed by atoms with Gasteiger partial charge in [-0.3, -0.25) is 0 Å². The summed E-state index contributed by atoms with van der Waals surface area (Å²) in [5.74, 6) is 3.56. The van der Waals surface area contributed by atoms with Gasteiger partial charge in [0.2, 0.25) is 0 Å². The number of hydrogen-bond donors (Lipinski definition) is 0. The van der Waals surface area contributed by atoms with Crippen LogP contribution in [-0.2, 0) is 5.88 Å². The molecule has 4 heteroatoms. The number of ether oxygens (including phenoxy) is 1. The van der Waals surface area contributed by atoms with Gasteiger partial charge in [-0.25, -0.2) is 0 Å². The van der Waals surface area contributed by atoms with Crippen LogP contribution in [0.1, 0.15) is 31.2 Å². The summed E-state index contributed by atoms with van der Waals surface area (Å²) in [7, 11) is 0. The van der Waals surface area contributed by atoms with E-state index < -0.39 is 0 Å². The zero-order chi connectivity index (χ0) is 13.4. The first-order valence-corrected chi connectivity index (χ1v) is 8.13. The summed E-state index contributed by atoms with van der Waals surface area (Å²) in [5, 5.41) is 1.17. The van der Waals surface area contributed by atoms with Crippen molar-refractivity contribution in [2.24, 2.45) is 17.8 Å². The van der Waals surface area contributed by atoms with Gasteiger partial charge in [0.15, 0.2) is 0 Å². The minimum absolute atomic E-state index is 0.367. The summed E-state index contributed by atoms with van der Waals surface area (Å²) in [6.07, 6.45) is 5.49. The molecule has 2 aliphatic rings. The summed E-state index contributed by atoms with van der Waals surface area (Å²) in [6.45, 7) is 0.756. The molecule has 0 radical (unpaired) electrons. The van der Waals surface area contributed by atoms with Crippen molar-refractivity contribution in [3.63, 3.8) is 0 Å². The third kappa shape index (κ3) is 2.84. The average Bonchev–Trinajstić information content (AvgIpc) is 2.99. The molecule has 0 aliphatic heterocycles. The molecule has 2 bridgehead atoms. The molecular weight excluding hydrogens is 303 g/mol. The maximum absolute atomic E-state index is 6.21. The second-order valence-electron chi connectivity index (χ2n) is 5.76. The minimum atomic E-state index is 0.367. The molecule has 0 aromatic heterocycles. The van der Waals surface area contributed by atoms with Crippen LogP contribution in [0.25, 0.3) is 0 Å². The number of halogens is 3. The summed E-state index contributed by atoms with van der Waals surface area (Å²) >= 11 is 18.1. The fraction of sp³-hybridized carbons (Fsp3) is 0.600. The summed E-state index contributed by atoms with van der Waals surface area (Å²) in [6, 6.07) is 3.55. The maximum Gasteiger partial charge on any atom is 0.142 e. The SMILES string of the molecule is ClCc1cc(Cl)cc(Cl)c1OCC1CC2CCC1C2. The van der Waals surface area contributed by atoms with Crippen LogP contribution in [0, 0.1) is 17.8 Å². The first-order chi connectivity index (χ1) is 9.17. The van der Waals surface area contributed by atoms with E-state index in [1.54, 1.807) is 6.07 Å². The largest absolute Gasteiger partial charge is 0.491 e. The van der Waals surface area contributed by atoms with E-state index in [1.807, 2.05) is 6.07 Å². The average molecular weight is 320 g/mol. The van der Waals surface area contributed by atoms with E-state index >= 15 is 0 Å². The number of fused-ring (bicyclic) bond motifs is 2.